The molecule has 3 heterocycles. The molecule has 0 atom stereocenters. The fourth-order valence-corrected chi connectivity index (χ4v) is 4.85. The zero-order chi connectivity index (χ0) is 23.2. The molecular formula is C28H23FN4O. The lowest BCUT2D eigenvalue weighted by atomic mass is 9.90. The largest absolute Gasteiger partial charge is 0.488 e. The second-order valence-electron chi connectivity index (χ2n) is 8.86. The maximum atomic E-state index is 13.9. The van der Waals surface area contributed by atoms with Gasteiger partial charge in [-0.1, -0.05) is 24.3 Å². The van der Waals surface area contributed by atoms with Gasteiger partial charge in [-0.2, -0.15) is 5.26 Å². The molecule has 0 unspecified atom stereocenters. The van der Waals surface area contributed by atoms with Gasteiger partial charge in [0.05, 0.1) is 23.6 Å². The molecular weight excluding hydrogens is 427 g/mol. The third kappa shape index (κ3) is 3.32. The standard InChI is InChI=1S/C28H23FN4O/c1-18(15-30)27-22-9-7-19(13-20(22)17-34-26-14-21(29)8-10-23(26)27)16-33-25-6-3-2-5-24(25)31-28(33)32-11-4-12-32/h2-3,5-10,13-14H,4,11-12,16-17H2,1H3. The molecule has 168 valence electrons. The Labute approximate surface area is 197 Å². The number of nitriles is 1. The van der Waals surface area contributed by atoms with E-state index in [9.17, 15) is 9.65 Å². The van der Waals surface area contributed by atoms with Gasteiger partial charge in [0.25, 0.3) is 0 Å². The predicted octanol–water partition coefficient (Wildman–Crippen LogP) is 5.67. The van der Waals surface area contributed by atoms with Crippen molar-refractivity contribution in [1.82, 2.24) is 9.55 Å². The van der Waals surface area contributed by atoms with Crippen molar-refractivity contribution in [2.45, 2.75) is 26.5 Å². The second-order valence-corrected chi connectivity index (χ2v) is 8.86. The van der Waals surface area contributed by atoms with Gasteiger partial charge in [0.1, 0.15) is 18.2 Å². The Hall–Kier alpha value is -4.11. The molecule has 0 bridgehead atoms. The molecule has 34 heavy (non-hydrogen) atoms. The van der Waals surface area contributed by atoms with Crippen LogP contribution in [0.2, 0.25) is 0 Å². The molecule has 4 aromatic rings. The number of allylic oxidation sites excluding steroid dienone is 1. The summed E-state index contributed by atoms with van der Waals surface area (Å²) < 4.78 is 22.2. The van der Waals surface area contributed by atoms with Gasteiger partial charge < -0.3 is 14.2 Å². The first-order valence-corrected chi connectivity index (χ1v) is 11.5. The van der Waals surface area contributed by atoms with E-state index in [-0.39, 0.29) is 5.82 Å². The maximum Gasteiger partial charge on any atom is 0.206 e. The molecule has 0 aliphatic carbocycles. The van der Waals surface area contributed by atoms with Crippen LogP contribution in [0.5, 0.6) is 5.75 Å². The predicted molar refractivity (Wildman–Crippen MR) is 130 cm³/mol. The first-order chi connectivity index (χ1) is 16.6. The van der Waals surface area contributed by atoms with Crippen molar-refractivity contribution in [2.24, 2.45) is 0 Å². The van der Waals surface area contributed by atoms with Crippen LogP contribution in [0.1, 0.15) is 35.6 Å². The molecule has 2 aliphatic heterocycles. The molecule has 0 radical (unpaired) electrons. The fraction of sp³-hybridized carbons (Fsp3) is 0.214. The van der Waals surface area contributed by atoms with E-state index >= 15 is 0 Å². The summed E-state index contributed by atoms with van der Waals surface area (Å²) in [5.41, 5.74) is 7.28. The number of nitrogens with zero attached hydrogens (tertiary/aromatic N) is 4. The van der Waals surface area contributed by atoms with Crippen molar-refractivity contribution in [3.05, 3.63) is 94.3 Å². The van der Waals surface area contributed by atoms with Crippen molar-refractivity contribution >= 4 is 22.6 Å². The molecule has 6 heteroatoms. The van der Waals surface area contributed by atoms with E-state index in [0.29, 0.717) is 24.5 Å². The number of hydrogen-bond acceptors (Lipinski definition) is 4. The smallest absolute Gasteiger partial charge is 0.206 e. The highest BCUT2D eigenvalue weighted by atomic mass is 19.1. The van der Waals surface area contributed by atoms with Gasteiger partial charge in [-0.3, -0.25) is 0 Å². The summed E-state index contributed by atoms with van der Waals surface area (Å²) in [4.78, 5) is 7.21. The third-order valence-electron chi connectivity index (χ3n) is 6.69. The molecule has 0 amide bonds. The Morgan fingerprint density at radius 2 is 1.91 bits per heavy atom. The summed E-state index contributed by atoms with van der Waals surface area (Å²) in [6.07, 6.45) is 1.19. The van der Waals surface area contributed by atoms with Gasteiger partial charge in [0.15, 0.2) is 0 Å². The molecule has 6 rings (SSSR count). The van der Waals surface area contributed by atoms with E-state index in [2.05, 4.69) is 45.9 Å². The second kappa shape index (κ2) is 8.03. The van der Waals surface area contributed by atoms with Crippen LogP contribution in [0.4, 0.5) is 10.3 Å². The average molecular weight is 451 g/mol. The number of fused-ring (bicyclic) bond motifs is 3. The van der Waals surface area contributed by atoms with Crippen molar-refractivity contribution in [2.75, 3.05) is 18.0 Å². The minimum absolute atomic E-state index is 0.311. The van der Waals surface area contributed by atoms with Crippen molar-refractivity contribution in [1.29, 1.82) is 5.26 Å². The van der Waals surface area contributed by atoms with Crippen LogP contribution in [0, 0.1) is 17.1 Å². The highest BCUT2D eigenvalue weighted by molar-refractivity contribution is 5.88. The minimum atomic E-state index is -0.357. The monoisotopic (exact) mass is 450 g/mol. The number of rotatable bonds is 3. The third-order valence-corrected chi connectivity index (χ3v) is 6.69. The van der Waals surface area contributed by atoms with E-state index in [1.165, 1.54) is 18.6 Å². The van der Waals surface area contributed by atoms with E-state index in [4.69, 9.17) is 9.72 Å². The summed E-state index contributed by atoms with van der Waals surface area (Å²) in [5.74, 6) is 1.11. The van der Waals surface area contributed by atoms with Crippen LogP contribution in [0.3, 0.4) is 0 Å². The molecule has 0 spiro atoms. The van der Waals surface area contributed by atoms with Gasteiger partial charge in [-0.15, -0.1) is 0 Å². The Kier molecular flexibility index (Phi) is 4.84. The van der Waals surface area contributed by atoms with E-state index in [0.717, 1.165) is 57.9 Å². The number of ether oxygens (including phenoxy) is 1. The lowest BCUT2D eigenvalue weighted by molar-refractivity contribution is 0.305. The van der Waals surface area contributed by atoms with E-state index < -0.39 is 0 Å². The maximum absolute atomic E-state index is 13.9. The Morgan fingerprint density at radius 1 is 1.09 bits per heavy atom. The summed E-state index contributed by atoms with van der Waals surface area (Å²) >= 11 is 0. The van der Waals surface area contributed by atoms with Gasteiger partial charge in [-0.05, 0) is 60.4 Å². The number of para-hydroxylation sites is 2. The summed E-state index contributed by atoms with van der Waals surface area (Å²) in [6.45, 7) is 4.83. The van der Waals surface area contributed by atoms with Crippen LogP contribution in [0.15, 0.2) is 66.2 Å². The number of imidazole rings is 1. The van der Waals surface area contributed by atoms with Crippen LogP contribution < -0.4 is 9.64 Å². The van der Waals surface area contributed by atoms with Gasteiger partial charge >= 0.3 is 0 Å². The molecule has 1 fully saturated rings. The zero-order valence-corrected chi connectivity index (χ0v) is 18.9. The number of hydrogen-bond donors (Lipinski definition) is 0. The molecule has 1 aromatic heterocycles. The van der Waals surface area contributed by atoms with Crippen molar-refractivity contribution in [3.63, 3.8) is 0 Å². The first kappa shape index (κ1) is 20.5. The SMILES string of the molecule is CC(C#N)=C1c2ccc(Cn3c(N4CCC4)nc4ccccc43)cc2COc2cc(F)ccc21. The number of anilines is 1. The summed E-state index contributed by atoms with van der Waals surface area (Å²) in [6, 6.07) is 21.3. The van der Waals surface area contributed by atoms with Crippen LogP contribution >= 0.6 is 0 Å². The quantitative estimate of drug-likeness (QED) is 0.377. The van der Waals surface area contributed by atoms with Crippen molar-refractivity contribution in [3.8, 4) is 11.8 Å². The number of aromatic nitrogens is 2. The average Bonchev–Trinajstić information content (AvgIpc) is 3.07. The molecule has 0 saturated carbocycles. The lowest BCUT2D eigenvalue weighted by Gasteiger charge is -2.32. The topological polar surface area (TPSA) is 54.1 Å². The summed E-state index contributed by atoms with van der Waals surface area (Å²) in [7, 11) is 0. The lowest BCUT2D eigenvalue weighted by Crippen LogP contribution is -2.39. The minimum Gasteiger partial charge on any atom is -0.488 e. The van der Waals surface area contributed by atoms with Gasteiger partial charge in [0.2, 0.25) is 5.95 Å². The summed E-state index contributed by atoms with van der Waals surface area (Å²) in [5, 5.41) is 9.68. The molecule has 2 aliphatic rings. The number of halogens is 1. The van der Waals surface area contributed by atoms with Crippen LogP contribution in [0.25, 0.3) is 16.6 Å². The Morgan fingerprint density at radius 3 is 2.71 bits per heavy atom. The zero-order valence-electron chi connectivity index (χ0n) is 18.9. The van der Waals surface area contributed by atoms with Crippen LogP contribution in [-0.4, -0.2) is 22.6 Å². The van der Waals surface area contributed by atoms with Crippen molar-refractivity contribution < 1.29 is 9.13 Å². The van der Waals surface area contributed by atoms with Gasteiger partial charge in [0, 0.05) is 35.9 Å². The van der Waals surface area contributed by atoms with E-state index in [1.54, 1.807) is 13.0 Å². The Balaban J connectivity index is 1.44. The molecule has 0 N–H and O–H groups in total. The molecule has 1 saturated heterocycles. The Bertz CT molecular complexity index is 1510. The first-order valence-electron chi connectivity index (χ1n) is 11.5. The number of benzene rings is 3. The normalized spacial score (nSPS) is 16.1. The highest BCUT2D eigenvalue weighted by Gasteiger charge is 2.24. The van der Waals surface area contributed by atoms with Crippen LogP contribution in [-0.2, 0) is 13.2 Å². The van der Waals surface area contributed by atoms with E-state index in [1.807, 2.05) is 12.1 Å². The fourth-order valence-electron chi connectivity index (χ4n) is 4.85. The highest BCUT2D eigenvalue weighted by Crippen LogP contribution is 2.39. The molecule has 3 aromatic carbocycles. The molecule has 5 nitrogen and oxygen atoms in total. The van der Waals surface area contributed by atoms with Gasteiger partial charge in [-0.25, -0.2) is 9.37 Å².